The van der Waals surface area contributed by atoms with Crippen LogP contribution in [0.2, 0.25) is 0 Å². The lowest BCUT2D eigenvalue weighted by atomic mass is 9.96. The minimum atomic E-state index is -0.113. The third-order valence-corrected chi connectivity index (χ3v) is 4.02. The zero-order valence-electron chi connectivity index (χ0n) is 11.3. The lowest BCUT2D eigenvalue weighted by Gasteiger charge is -2.27. The smallest absolute Gasteiger partial charge is 0.117 e. The van der Waals surface area contributed by atoms with Crippen molar-refractivity contribution in [2.24, 2.45) is 5.92 Å². The van der Waals surface area contributed by atoms with Crippen LogP contribution in [-0.4, -0.2) is 29.2 Å². The maximum absolute atomic E-state index is 10.2. The summed E-state index contributed by atoms with van der Waals surface area (Å²) in [6, 6.07) is 3.95. The van der Waals surface area contributed by atoms with Gasteiger partial charge in [-0.25, -0.2) is 0 Å². The van der Waals surface area contributed by atoms with Gasteiger partial charge in [0.25, 0.3) is 0 Å². The van der Waals surface area contributed by atoms with Gasteiger partial charge in [0.2, 0.25) is 0 Å². The average Bonchev–Trinajstić information content (AvgIpc) is 2.80. The van der Waals surface area contributed by atoms with Crippen LogP contribution in [0.25, 0.3) is 0 Å². The molecule has 1 heterocycles. The van der Waals surface area contributed by atoms with Crippen molar-refractivity contribution in [3.8, 4) is 0 Å². The highest BCUT2D eigenvalue weighted by molar-refractivity contribution is 4.98. The van der Waals surface area contributed by atoms with Crippen LogP contribution in [-0.2, 0) is 6.54 Å². The molecule has 0 radical (unpaired) electrons. The van der Waals surface area contributed by atoms with Crippen LogP contribution in [0, 0.1) is 5.92 Å². The van der Waals surface area contributed by atoms with Crippen molar-refractivity contribution in [1.82, 2.24) is 4.90 Å². The molecule has 1 fully saturated rings. The van der Waals surface area contributed by atoms with Crippen LogP contribution in [0.5, 0.6) is 0 Å². The van der Waals surface area contributed by atoms with Crippen molar-refractivity contribution in [2.45, 2.75) is 51.7 Å². The van der Waals surface area contributed by atoms with Crippen LogP contribution in [0.1, 0.15) is 44.8 Å². The molecule has 1 aromatic rings. The molecule has 1 aliphatic rings. The average molecular weight is 251 g/mol. The van der Waals surface area contributed by atoms with Crippen molar-refractivity contribution in [2.75, 3.05) is 13.1 Å². The molecule has 102 valence electrons. The maximum Gasteiger partial charge on any atom is 0.117 e. The second-order valence-corrected chi connectivity index (χ2v) is 5.37. The molecule has 1 aromatic heterocycles. The van der Waals surface area contributed by atoms with Gasteiger partial charge in [0.05, 0.1) is 18.9 Å². The zero-order chi connectivity index (χ0) is 12.8. The molecule has 1 N–H and O–H groups in total. The van der Waals surface area contributed by atoms with E-state index in [0.717, 1.165) is 38.2 Å². The Hall–Kier alpha value is -0.800. The standard InChI is InChI=1S/C15H25NO2/c1-2-16(12-14-8-6-10-18-14)11-13-7-4-3-5-9-15(13)17/h6,8,10,13,15,17H,2-5,7,9,11-12H2,1H3. The molecule has 0 spiro atoms. The Kier molecular flexibility index (Phi) is 5.26. The highest BCUT2D eigenvalue weighted by Crippen LogP contribution is 2.24. The van der Waals surface area contributed by atoms with Gasteiger partial charge in [-0.15, -0.1) is 0 Å². The van der Waals surface area contributed by atoms with E-state index < -0.39 is 0 Å². The highest BCUT2D eigenvalue weighted by atomic mass is 16.3. The van der Waals surface area contributed by atoms with E-state index in [2.05, 4.69) is 11.8 Å². The van der Waals surface area contributed by atoms with E-state index in [1.807, 2.05) is 12.1 Å². The van der Waals surface area contributed by atoms with Crippen molar-refractivity contribution in [3.05, 3.63) is 24.2 Å². The van der Waals surface area contributed by atoms with Gasteiger partial charge in [0, 0.05) is 6.54 Å². The van der Waals surface area contributed by atoms with Crippen molar-refractivity contribution >= 4 is 0 Å². The topological polar surface area (TPSA) is 36.6 Å². The molecule has 1 saturated carbocycles. The van der Waals surface area contributed by atoms with Gasteiger partial charge in [-0.1, -0.05) is 26.2 Å². The first-order valence-corrected chi connectivity index (χ1v) is 7.22. The third-order valence-electron chi connectivity index (χ3n) is 4.02. The lowest BCUT2D eigenvalue weighted by Crippen LogP contribution is -2.34. The number of rotatable bonds is 5. The third kappa shape index (κ3) is 3.85. The molecule has 0 saturated heterocycles. The Morgan fingerprint density at radius 1 is 1.33 bits per heavy atom. The lowest BCUT2D eigenvalue weighted by molar-refractivity contribution is 0.0709. The van der Waals surface area contributed by atoms with E-state index in [1.165, 1.54) is 19.3 Å². The number of hydrogen-bond donors (Lipinski definition) is 1. The molecule has 2 rings (SSSR count). The van der Waals surface area contributed by atoms with Crippen molar-refractivity contribution < 1.29 is 9.52 Å². The highest BCUT2D eigenvalue weighted by Gasteiger charge is 2.23. The fraction of sp³-hybridized carbons (Fsp3) is 0.733. The Bertz CT molecular complexity index is 323. The summed E-state index contributed by atoms with van der Waals surface area (Å²) in [6.07, 6.45) is 7.47. The van der Waals surface area contributed by atoms with E-state index in [4.69, 9.17) is 4.42 Å². The van der Waals surface area contributed by atoms with Gasteiger partial charge in [-0.05, 0) is 37.4 Å². The minimum absolute atomic E-state index is 0.113. The molecule has 3 nitrogen and oxygen atoms in total. The monoisotopic (exact) mass is 251 g/mol. The molecule has 0 bridgehead atoms. The number of nitrogens with zero attached hydrogens (tertiary/aromatic N) is 1. The number of aliphatic hydroxyl groups excluding tert-OH is 1. The van der Waals surface area contributed by atoms with Gasteiger partial charge >= 0.3 is 0 Å². The fourth-order valence-electron chi connectivity index (χ4n) is 2.84. The van der Waals surface area contributed by atoms with Gasteiger partial charge in [-0.2, -0.15) is 0 Å². The molecular weight excluding hydrogens is 226 g/mol. The van der Waals surface area contributed by atoms with E-state index in [9.17, 15) is 5.11 Å². The Morgan fingerprint density at radius 3 is 2.89 bits per heavy atom. The largest absolute Gasteiger partial charge is 0.468 e. The van der Waals surface area contributed by atoms with Crippen LogP contribution in [0.15, 0.2) is 22.8 Å². The summed E-state index contributed by atoms with van der Waals surface area (Å²) >= 11 is 0. The Balaban J connectivity index is 1.88. The summed E-state index contributed by atoms with van der Waals surface area (Å²) in [4.78, 5) is 2.37. The van der Waals surface area contributed by atoms with Gasteiger partial charge in [0.15, 0.2) is 0 Å². The van der Waals surface area contributed by atoms with Crippen LogP contribution < -0.4 is 0 Å². The predicted octanol–water partition coefficient (Wildman–Crippen LogP) is 3.04. The molecular formula is C15H25NO2. The molecule has 0 aromatic carbocycles. The first-order chi connectivity index (χ1) is 8.79. The summed E-state index contributed by atoms with van der Waals surface area (Å²) in [5.41, 5.74) is 0. The zero-order valence-corrected chi connectivity index (χ0v) is 11.3. The molecule has 2 atom stereocenters. The molecule has 2 unspecified atom stereocenters. The Morgan fingerprint density at radius 2 is 2.17 bits per heavy atom. The molecule has 0 aliphatic heterocycles. The minimum Gasteiger partial charge on any atom is -0.468 e. The van der Waals surface area contributed by atoms with Crippen molar-refractivity contribution in [3.63, 3.8) is 0 Å². The fourth-order valence-corrected chi connectivity index (χ4v) is 2.84. The predicted molar refractivity (Wildman–Crippen MR) is 72.2 cm³/mol. The normalized spacial score (nSPS) is 25.3. The SMILES string of the molecule is CCN(Cc1ccco1)CC1CCCCCC1O. The molecule has 1 aliphatic carbocycles. The molecule has 3 heteroatoms. The molecule has 18 heavy (non-hydrogen) atoms. The maximum atomic E-state index is 10.2. The van der Waals surface area contributed by atoms with E-state index in [1.54, 1.807) is 6.26 Å². The van der Waals surface area contributed by atoms with E-state index in [0.29, 0.717) is 5.92 Å². The second kappa shape index (κ2) is 6.95. The summed E-state index contributed by atoms with van der Waals surface area (Å²) in [5.74, 6) is 1.45. The number of aliphatic hydroxyl groups is 1. The van der Waals surface area contributed by atoms with Gasteiger partial charge in [0.1, 0.15) is 5.76 Å². The van der Waals surface area contributed by atoms with E-state index >= 15 is 0 Å². The van der Waals surface area contributed by atoms with Gasteiger partial charge in [-0.3, -0.25) is 4.90 Å². The molecule has 0 amide bonds. The van der Waals surface area contributed by atoms with Crippen molar-refractivity contribution in [1.29, 1.82) is 0 Å². The summed E-state index contributed by atoms with van der Waals surface area (Å²) < 4.78 is 5.40. The first-order valence-electron chi connectivity index (χ1n) is 7.22. The van der Waals surface area contributed by atoms with E-state index in [-0.39, 0.29) is 6.10 Å². The summed E-state index contributed by atoms with van der Waals surface area (Å²) in [5, 5.41) is 10.2. The van der Waals surface area contributed by atoms with Crippen LogP contribution >= 0.6 is 0 Å². The van der Waals surface area contributed by atoms with Crippen LogP contribution in [0.3, 0.4) is 0 Å². The number of hydrogen-bond acceptors (Lipinski definition) is 3. The van der Waals surface area contributed by atoms with Gasteiger partial charge < -0.3 is 9.52 Å². The quantitative estimate of drug-likeness (QED) is 0.817. The summed E-state index contributed by atoms with van der Waals surface area (Å²) in [6.45, 7) is 5.01. The summed E-state index contributed by atoms with van der Waals surface area (Å²) in [7, 11) is 0. The van der Waals surface area contributed by atoms with Crippen LogP contribution in [0.4, 0.5) is 0 Å². The second-order valence-electron chi connectivity index (χ2n) is 5.37. The first kappa shape index (κ1) is 13.6. The Labute approximate surface area is 110 Å². The number of furan rings is 1.